The summed E-state index contributed by atoms with van der Waals surface area (Å²) < 4.78 is 5.78. The molecule has 0 bridgehead atoms. The van der Waals surface area contributed by atoms with Crippen LogP contribution in [0.3, 0.4) is 0 Å². The van der Waals surface area contributed by atoms with Crippen LogP contribution in [0.15, 0.2) is 17.1 Å². The van der Waals surface area contributed by atoms with E-state index in [0.717, 1.165) is 25.9 Å². The van der Waals surface area contributed by atoms with Crippen molar-refractivity contribution in [2.24, 2.45) is 4.99 Å². The number of carbonyl (C=O) groups excluding carboxylic acids is 1. The zero-order valence-electron chi connectivity index (χ0n) is 16.8. The van der Waals surface area contributed by atoms with Gasteiger partial charge in [0.2, 0.25) is 5.91 Å². The van der Waals surface area contributed by atoms with Gasteiger partial charge < -0.3 is 20.3 Å². The highest BCUT2D eigenvalue weighted by atomic mass is 127. The Morgan fingerprint density at radius 3 is 2.78 bits per heavy atom. The van der Waals surface area contributed by atoms with Crippen LogP contribution in [-0.2, 0) is 16.0 Å². The third kappa shape index (κ3) is 9.25. The number of hydrogen-bond donors (Lipinski definition) is 2. The Labute approximate surface area is 184 Å². The van der Waals surface area contributed by atoms with E-state index in [-0.39, 0.29) is 48.6 Å². The van der Waals surface area contributed by atoms with Gasteiger partial charge in [0.25, 0.3) is 0 Å². The van der Waals surface area contributed by atoms with E-state index in [1.807, 2.05) is 11.3 Å². The molecule has 1 saturated heterocycles. The fourth-order valence-electron chi connectivity index (χ4n) is 2.80. The second-order valence-electron chi connectivity index (χ2n) is 7.08. The maximum Gasteiger partial charge on any atom is 0.243 e. The highest BCUT2D eigenvalue weighted by molar-refractivity contribution is 14.0. The second-order valence-corrected chi connectivity index (χ2v) is 8.46. The standard InChI is InChI=1S/C19H32N4O2S.HI/c1-14(11-17-9-8-15(2)26-17)22-19(21-13-18(24)23(3)4)20-12-16-7-5-6-10-25-16;/h8-9,14,16H,5-7,10-13H2,1-4H3,(H2,20,21,22);1H. The average molecular weight is 508 g/mol. The molecule has 2 unspecified atom stereocenters. The summed E-state index contributed by atoms with van der Waals surface area (Å²) in [7, 11) is 3.49. The molecule has 8 heteroatoms. The summed E-state index contributed by atoms with van der Waals surface area (Å²) in [6.45, 7) is 5.94. The summed E-state index contributed by atoms with van der Waals surface area (Å²) in [5.74, 6) is 0.664. The van der Waals surface area contributed by atoms with Gasteiger partial charge in [-0.3, -0.25) is 4.79 Å². The molecule has 2 rings (SSSR count). The Morgan fingerprint density at radius 1 is 1.41 bits per heavy atom. The van der Waals surface area contributed by atoms with E-state index >= 15 is 0 Å². The van der Waals surface area contributed by atoms with Gasteiger partial charge in [-0.05, 0) is 45.2 Å². The molecule has 1 aromatic rings. The fourth-order valence-corrected chi connectivity index (χ4v) is 3.82. The minimum Gasteiger partial charge on any atom is -0.376 e. The number of guanidine groups is 1. The van der Waals surface area contributed by atoms with Crippen LogP contribution in [0, 0.1) is 6.92 Å². The zero-order valence-corrected chi connectivity index (χ0v) is 19.9. The van der Waals surface area contributed by atoms with Crippen molar-refractivity contribution in [3.05, 3.63) is 21.9 Å². The topological polar surface area (TPSA) is 66.0 Å². The third-order valence-corrected chi connectivity index (χ3v) is 5.35. The first-order valence-electron chi connectivity index (χ1n) is 9.36. The quantitative estimate of drug-likeness (QED) is 0.338. The van der Waals surface area contributed by atoms with Crippen LogP contribution in [0.25, 0.3) is 0 Å². The predicted octanol–water partition coefficient (Wildman–Crippen LogP) is 2.80. The van der Waals surface area contributed by atoms with Crippen LogP contribution in [0.4, 0.5) is 0 Å². The number of nitrogens with zero attached hydrogens (tertiary/aromatic N) is 2. The number of carbonyl (C=O) groups is 1. The van der Waals surface area contributed by atoms with Gasteiger partial charge in [-0.15, -0.1) is 35.3 Å². The molecule has 0 aromatic carbocycles. The summed E-state index contributed by atoms with van der Waals surface area (Å²) in [6, 6.07) is 4.55. The second kappa shape index (κ2) is 12.6. The van der Waals surface area contributed by atoms with Gasteiger partial charge in [0.15, 0.2) is 5.96 Å². The largest absolute Gasteiger partial charge is 0.376 e. The lowest BCUT2D eigenvalue weighted by atomic mass is 10.1. The van der Waals surface area contributed by atoms with Crippen LogP contribution >= 0.6 is 35.3 Å². The van der Waals surface area contributed by atoms with Crippen molar-refractivity contribution in [3.8, 4) is 0 Å². The van der Waals surface area contributed by atoms with E-state index < -0.39 is 0 Å². The monoisotopic (exact) mass is 508 g/mol. The minimum atomic E-state index is -0.0125. The van der Waals surface area contributed by atoms with Crippen molar-refractivity contribution >= 4 is 47.2 Å². The number of ether oxygens (including phenoxy) is 1. The smallest absolute Gasteiger partial charge is 0.243 e. The summed E-state index contributed by atoms with van der Waals surface area (Å²) in [5.41, 5.74) is 0. The summed E-state index contributed by atoms with van der Waals surface area (Å²) >= 11 is 1.82. The molecule has 154 valence electrons. The van der Waals surface area contributed by atoms with Gasteiger partial charge in [0.05, 0.1) is 6.10 Å². The van der Waals surface area contributed by atoms with E-state index in [1.165, 1.54) is 16.2 Å². The van der Waals surface area contributed by atoms with Crippen LogP contribution in [-0.4, -0.2) is 62.7 Å². The first kappa shape index (κ1) is 24.2. The lowest BCUT2D eigenvalue weighted by Gasteiger charge is -2.25. The number of aliphatic imine (C=N–C) groups is 1. The Balaban J connectivity index is 0.00000364. The number of hydrogen-bond acceptors (Lipinski definition) is 4. The number of amides is 1. The molecule has 1 aliphatic rings. The number of thiophene rings is 1. The summed E-state index contributed by atoms with van der Waals surface area (Å²) in [4.78, 5) is 20.6. The number of nitrogens with one attached hydrogen (secondary N) is 2. The van der Waals surface area contributed by atoms with Crippen molar-refractivity contribution in [2.45, 2.75) is 51.7 Å². The highest BCUT2D eigenvalue weighted by Crippen LogP contribution is 2.16. The SMILES string of the molecule is Cc1ccc(CC(C)NC(=NCC(=O)N(C)C)NCC2CCCCO2)s1.I. The van der Waals surface area contributed by atoms with E-state index in [0.29, 0.717) is 12.5 Å². The van der Waals surface area contributed by atoms with Crippen LogP contribution in [0.5, 0.6) is 0 Å². The zero-order chi connectivity index (χ0) is 18.9. The third-order valence-electron chi connectivity index (χ3n) is 4.33. The Bertz CT molecular complexity index is 600. The molecule has 1 amide bonds. The Kier molecular flexibility index (Phi) is 11.2. The van der Waals surface area contributed by atoms with Crippen LogP contribution in [0.2, 0.25) is 0 Å². The molecule has 0 spiro atoms. The molecule has 0 radical (unpaired) electrons. The molecule has 2 atom stereocenters. The number of rotatable bonds is 7. The van der Waals surface area contributed by atoms with E-state index in [4.69, 9.17) is 4.74 Å². The first-order valence-corrected chi connectivity index (χ1v) is 10.2. The van der Waals surface area contributed by atoms with Crippen molar-refractivity contribution in [2.75, 3.05) is 33.8 Å². The van der Waals surface area contributed by atoms with Gasteiger partial charge in [0, 0.05) is 49.5 Å². The van der Waals surface area contributed by atoms with Gasteiger partial charge in [-0.2, -0.15) is 0 Å². The molecular weight excluding hydrogens is 475 g/mol. The van der Waals surface area contributed by atoms with Gasteiger partial charge in [-0.1, -0.05) is 0 Å². The maximum absolute atomic E-state index is 11.9. The molecule has 27 heavy (non-hydrogen) atoms. The molecule has 1 fully saturated rings. The van der Waals surface area contributed by atoms with Crippen LogP contribution < -0.4 is 10.6 Å². The van der Waals surface area contributed by atoms with Crippen molar-refractivity contribution in [3.63, 3.8) is 0 Å². The molecule has 0 aliphatic carbocycles. The Morgan fingerprint density at radius 2 is 2.19 bits per heavy atom. The van der Waals surface area contributed by atoms with Gasteiger partial charge in [0.1, 0.15) is 6.54 Å². The summed E-state index contributed by atoms with van der Waals surface area (Å²) in [6.07, 6.45) is 4.57. The van der Waals surface area contributed by atoms with E-state index in [9.17, 15) is 4.79 Å². The van der Waals surface area contributed by atoms with Gasteiger partial charge >= 0.3 is 0 Å². The van der Waals surface area contributed by atoms with Crippen LogP contribution in [0.1, 0.15) is 35.9 Å². The molecule has 6 nitrogen and oxygen atoms in total. The molecule has 2 heterocycles. The first-order chi connectivity index (χ1) is 12.4. The van der Waals surface area contributed by atoms with E-state index in [2.05, 4.69) is 41.6 Å². The number of halogens is 1. The van der Waals surface area contributed by atoms with E-state index in [1.54, 1.807) is 19.0 Å². The molecular formula is C19H33IN4O2S. The van der Waals surface area contributed by atoms with Crippen molar-refractivity contribution in [1.82, 2.24) is 15.5 Å². The minimum absolute atomic E-state index is 0. The predicted molar refractivity (Wildman–Crippen MR) is 123 cm³/mol. The van der Waals surface area contributed by atoms with Crippen molar-refractivity contribution in [1.29, 1.82) is 0 Å². The average Bonchev–Trinajstić information content (AvgIpc) is 3.02. The van der Waals surface area contributed by atoms with Gasteiger partial charge in [-0.25, -0.2) is 4.99 Å². The molecule has 0 saturated carbocycles. The molecule has 1 aliphatic heterocycles. The molecule has 1 aromatic heterocycles. The fraction of sp³-hybridized carbons (Fsp3) is 0.684. The lowest BCUT2D eigenvalue weighted by Crippen LogP contribution is -2.46. The lowest BCUT2D eigenvalue weighted by molar-refractivity contribution is -0.127. The molecule has 2 N–H and O–H groups in total. The Hall–Kier alpha value is -0.870. The highest BCUT2D eigenvalue weighted by Gasteiger charge is 2.15. The normalized spacial score (nSPS) is 18.4. The number of aryl methyl sites for hydroxylation is 1. The summed E-state index contributed by atoms with van der Waals surface area (Å²) in [5, 5.41) is 6.78. The number of likely N-dealkylation sites (N-methyl/N-ethyl adjacent to an activating group) is 1. The maximum atomic E-state index is 11.9. The van der Waals surface area contributed by atoms with Crippen molar-refractivity contribution < 1.29 is 9.53 Å².